The Balaban J connectivity index is 1.49. The first-order chi connectivity index (χ1) is 11.2. The first-order valence-corrected chi connectivity index (χ1v) is 9.15. The second-order valence-electron chi connectivity index (χ2n) is 6.06. The molecule has 1 amide bonds. The van der Waals surface area contributed by atoms with Gasteiger partial charge in [0.15, 0.2) is 0 Å². The molecule has 5 nitrogen and oxygen atoms in total. The number of hydrogen-bond acceptors (Lipinski definition) is 4. The summed E-state index contributed by atoms with van der Waals surface area (Å²) >= 11 is 1.74. The molecule has 0 saturated carbocycles. The van der Waals surface area contributed by atoms with Crippen molar-refractivity contribution in [2.45, 2.75) is 44.8 Å². The van der Waals surface area contributed by atoms with Crippen LogP contribution < -0.4 is 5.32 Å². The van der Waals surface area contributed by atoms with Crippen LogP contribution in [0.4, 0.5) is 0 Å². The Bertz CT molecular complexity index is 596. The van der Waals surface area contributed by atoms with Crippen LogP contribution >= 0.6 is 11.3 Å². The molecule has 1 fully saturated rings. The van der Waals surface area contributed by atoms with Gasteiger partial charge < -0.3 is 5.32 Å². The fraction of sp³-hybridized carbons (Fsp3) is 0.529. The van der Waals surface area contributed by atoms with Gasteiger partial charge in [0.2, 0.25) is 5.91 Å². The van der Waals surface area contributed by atoms with Gasteiger partial charge in [-0.05, 0) is 50.2 Å². The standard InChI is InChI=1S/C17H24N4OS/c1-14(17(22)18-9-7-16-6-3-12-23-16)21-11-2-5-15(21)13-20-10-4-8-19-20/h3-4,6,8,10,12,14-15H,2,5,7,9,11,13H2,1H3,(H,18,22)/t14-,15-/m0/s1. The largest absolute Gasteiger partial charge is 0.354 e. The van der Waals surface area contributed by atoms with Gasteiger partial charge in [-0.3, -0.25) is 14.4 Å². The van der Waals surface area contributed by atoms with E-state index in [1.807, 2.05) is 23.9 Å². The number of thiophene rings is 1. The summed E-state index contributed by atoms with van der Waals surface area (Å²) in [5.41, 5.74) is 0. The molecule has 3 heterocycles. The van der Waals surface area contributed by atoms with Crippen molar-refractivity contribution in [3.63, 3.8) is 0 Å². The molecule has 2 aromatic rings. The van der Waals surface area contributed by atoms with E-state index in [2.05, 4.69) is 32.8 Å². The smallest absolute Gasteiger partial charge is 0.237 e. The van der Waals surface area contributed by atoms with E-state index in [4.69, 9.17) is 0 Å². The summed E-state index contributed by atoms with van der Waals surface area (Å²) < 4.78 is 1.96. The molecule has 0 aliphatic carbocycles. The zero-order valence-corrected chi connectivity index (χ0v) is 14.3. The van der Waals surface area contributed by atoms with E-state index < -0.39 is 0 Å². The molecular formula is C17H24N4OS. The molecule has 23 heavy (non-hydrogen) atoms. The molecule has 0 radical (unpaired) electrons. The Morgan fingerprint density at radius 1 is 1.52 bits per heavy atom. The summed E-state index contributed by atoms with van der Waals surface area (Å²) in [7, 11) is 0. The lowest BCUT2D eigenvalue weighted by Gasteiger charge is -2.29. The molecule has 0 bridgehead atoms. The number of hydrogen-bond donors (Lipinski definition) is 1. The Morgan fingerprint density at radius 2 is 2.43 bits per heavy atom. The number of likely N-dealkylation sites (tertiary alicyclic amines) is 1. The summed E-state index contributed by atoms with van der Waals surface area (Å²) in [5, 5.41) is 9.44. The molecule has 0 spiro atoms. The quantitative estimate of drug-likeness (QED) is 0.845. The van der Waals surface area contributed by atoms with Gasteiger partial charge in [0.1, 0.15) is 0 Å². The third-order valence-electron chi connectivity index (χ3n) is 4.51. The zero-order valence-electron chi connectivity index (χ0n) is 13.5. The minimum absolute atomic E-state index is 0.0820. The second kappa shape index (κ2) is 7.75. The minimum atomic E-state index is -0.0820. The molecular weight excluding hydrogens is 308 g/mol. The molecule has 2 atom stereocenters. The van der Waals surface area contributed by atoms with Crippen LogP contribution in [0.2, 0.25) is 0 Å². The van der Waals surface area contributed by atoms with Gasteiger partial charge in [0, 0.05) is 29.9 Å². The molecule has 1 aliphatic rings. The topological polar surface area (TPSA) is 50.2 Å². The SMILES string of the molecule is C[C@@H](C(=O)NCCc1cccs1)N1CCC[C@H]1Cn1cccn1. The van der Waals surface area contributed by atoms with Crippen molar-refractivity contribution in [1.29, 1.82) is 0 Å². The number of rotatable bonds is 7. The number of carbonyl (C=O) groups excluding carboxylic acids is 1. The molecule has 6 heteroatoms. The van der Waals surface area contributed by atoms with Crippen molar-refractivity contribution in [2.75, 3.05) is 13.1 Å². The van der Waals surface area contributed by atoms with Gasteiger partial charge in [-0.25, -0.2) is 0 Å². The molecule has 124 valence electrons. The maximum atomic E-state index is 12.4. The van der Waals surface area contributed by atoms with Crippen LogP contribution in [0.5, 0.6) is 0 Å². The third-order valence-corrected chi connectivity index (χ3v) is 5.44. The van der Waals surface area contributed by atoms with Gasteiger partial charge in [0.25, 0.3) is 0 Å². The zero-order chi connectivity index (χ0) is 16.1. The minimum Gasteiger partial charge on any atom is -0.354 e. The average Bonchev–Trinajstić information content (AvgIpc) is 3.29. The molecule has 1 aliphatic heterocycles. The van der Waals surface area contributed by atoms with Crippen molar-refractivity contribution < 1.29 is 4.79 Å². The Morgan fingerprint density at radius 3 is 3.17 bits per heavy atom. The predicted molar refractivity (Wildman–Crippen MR) is 92.4 cm³/mol. The maximum Gasteiger partial charge on any atom is 0.237 e. The molecule has 1 saturated heterocycles. The Kier molecular flexibility index (Phi) is 5.46. The second-order valence-corrected chi connectivity index (χ2v) is 7.09. The predicted octanol–water partition coefficient (Wildman–Crippen LogP) is 2.16. The van der Waals surface area contributed by atoms with E-state index in [1.54, 1.807) is 17.5 Å². The van der Waals surface area contributed by atoms with Crippen LogP contribution in [-0.2, 0) is 17.8 Å². The van der Waals surface area contributed by atoms with Crippen molar-refractivity contribution >= 4 is 17.2 Å². The first kappa shape index (κ1) is 16.2. The van der Waals surface area contributed by atoms with E-state index in [9.17, 15) is 4.79 Å². The van der Waals surface area contributed by atoms with Crippen LogP contribution in [0.25, 0.3) is 0 Å². The lowest BCUT2D eigenvalue weighted by Crippen LogP contribution is -2.48. The summed E-state index contributed by atoms with van der Waals surface area (Å²) in [6.45, 7) is 4.58. The fourth-order valence-electron chi connectivity index (χ4n) is 3.25. The molecule has 2 aromatic heterocycles. The van der Waals surface area contributed by atoms with Gasteiger partial charge in [0.05, 0.1) is 12.6 Å². The summed E-state index contributed by atoms with van der Waals surface area (Å²) in [6, 6.07) is 6.42. The van der Waals surface area contributed by atoms with E-state index in [0.717, 1.165) is 32.4 Å². The fourth-order valence-corrected chi connectivity index (χ4v) is 3.96. The molecule has 0 unspecified atom stereocenters. The number of aromatic nitrogens is 2. The molecule has 1 N–H and O–H groups in total. The first-order valence-electron chi connectivity index (χ1n) is 8.27. The lowest BCUT2D eigenvalue weighted by atomic mass is 10.2. The van der Waals surface area contributed by atoms with E-state index in [0.29, 0.717) is 12.6 Å². The molecule has 3 rings (SSSR count). The maximum absolute atomic E-state index is 12.4. The van der Waals surface area contributed by atoms with Crippen molar-refractivity contribution in [3.05, 3.63) is 40.8 Å². The van der Waals surface area contributed by atoms with Gasteiger partial charge in [-0.1, -0.05) is 6.07 Å². The highest BCUT2D eigenvalue weighted by molar-refractivity contribution is 7.09. The van der Waals surface area contributed by atoms with Crippen LogP contribution in [0.1, 0.15) is 24.6 Å². The third kappa shape index (κ3) is 4.20. The Labute approximate surface area is 141 Å². The van der Waals surface area contributed by atoms with Gasteiger partial charge in [-0.15, -0.1) is 11.3 Å². The number of amides is 1. The Hall–Kier alpha value is -1.66. The van der Waals surface area contributed by atoms with E-state index in [-0.39, 0.29) is 11.9 Å². The molecule has 0 aromatic carbocycles. The van der Waals surface area contributed by atoms with Crippen LogP contribution in [0.15, 0.2) is 36.0 Å². The number of nitrogens with one attached hydrogen (secondary N) is 1. The lowest BCUT2D eigenvalue weighted by molar-refractivity contribution is -0.126. The van der Waals surface area contributed by atoms with Crippen molar-refractivity contribution in [2.24, 2.45) is 0 Å². The highest BCUT2D eigenvalue weighted by Gasteiger charge is 2.32. The normalized spacial score (nSPS) is 19.8. The highest BCUT2D eigenvalue weighted by Crippen LogP contribution is 2.21. The van der Waals surface area contributed by atoms with Crippen molar-refractivity contribution in [1.82, 2.24) is 20.0 Å². The summed E-state index contributed by atoms with van der Waals surface area (Å²) in [6.07, 6.45) is 6.99. The van der Waals surface area contributed by atoms with Crippen molar-refractivity contribution in [3.8, 4) is 0 Å². The highest BCUT2D eigenvalue weighted by atomic mass is 32.1. The number of nitrogens with zero attached hydrogens (tertiary/aromatic N) is 3. The van der Waals surface area contributed by atoms with E-state index in [1.165, 1.54) is 4.88 Å². The summed E-state index contributed by atoms with van der Waals surface area (Å²) in [4.78, 5) is 16.1. The van der Waals surface area contributed by atoms with Gasteiger partial charge >= 0.3 is 0 Å². The summed E-state index contributed by atoms with van der Waals surface area (Å²) in [5.74, 6) is 0.133. The van der Waals surface area contributed by atoms with Gasteiger partial charge in [-0.2, -0.15) is 5.10 Å². The average molecular weight is 332 g/mol. The van der Waals surface area contributed by atoms with E-state index >= 15 is 0 Å². The monoisotopic (exact) mass is 332 g/mol. The van der Waals surface area contributed by atoms with Crippen LogP contribution in [0, 0.1) is 0 Å². The van der Waals surface area contributed by atoms with Crippen LogP contribution in [-0.4, -0.2) is 45.8 Å². The van der Waals surface area contributed by atoms with Crippen LogP contribution in [0.3, 0.4) is 0 Å². The number of carbonyl (C=O) groups is 1.